The molecule has 0 aliphatic heterocycles. The maximum atomic E-state index is 9.43. The lowest BCUT2D eigenvalue weighted by Gasteiger charge is -2.17. The largest absolute Gasteiger partial charge is 0.493 e. The highest BCUT2D eigenvalue weighted by Gasteiger charge is 2.15. The fraction of sp³-hybridized carbons (Fsp3) is 0.235. The molecule has 3 nitrogen and oxygen atoms in total. The Morgan fingerprint density at radius 1 is 1.20 bits per heavy atom. The van der Waals surface area contributed by atoms with Crippen LogP contribution in [0.1, 0.15) is 24.1 Å². The van der Waals surface area contributed by atoms with Crippen molar-refractivity contribution in [3.8, 4) is 11.8 Å². The monoisotopic (exact) mass is 266 g/mol. The second kappa shape index (κ2) is 6.63. The molecule has 0 radical (unpaired) electrons. The van der Waals surface area contributed by atoms with Gasteiger partial charge in [0.25, 0.3) is 0 Å². The van der Waals surface area contributed by atoms with Crippen molar-refractivity contribution in [3.63, 3.8) is 0 Å². The van der Waals surface area contributed by atoms with E-state index in [0.717, 1.165) is 22.6 Å². The van der Waals surface area contributed by atoms with E-state index in [4.69, 9.17) is 4.74 Å². The van der Waals surface area contributed by atoms with Crippen molar-refractivity contribution in [2.45, 2.75) is 19.9 Å². The fourth-order valence-corrected chi connectivity index (χ4v) is 2.09. The van der Waals surface area contributed by atoms with Gasteiger partial charge in [0.2, 0.25) is 0 Å². The molecular weight excluding hydrogens is 248 g/mol. The summed E-state index contributed by atoms with van der Waals surface area (Å²) in [5, 5.41) is 12.7. The number of ether oxygens (including phenoxy) is 1. The molecule has 20 heavy (non-hydrogen) atoms. The van der Waals surface area contributed by atoms with Crippen LogP contribution in [-0.2, 0) is 0 Å². The highest BCUT2D eigenvalue weighted by molar-refractivity contribution is 5.51. The summed E-state index contributed by atoms with van der Waals surface area (Å²) >= 11 is 0. The van der Waals surface area contributed by atoms with Crippen LogP contribution >= 0.6 is 0 Å². The van der Waals surface area contributed by atoms with Crippen molar-refractivity contribution in [2.24, 2.45) is 0 Å². The molecule has 0 saturated heterocycles. The number of benzene rings is 2. The lowest BCUT2D eigenvalue weighted by Crippen LogP contribution is -2.10. The van der Waals surface area contributed by atoms with Gasteiger partial charge in [0, 0.05) is 11.3 Å². The lowest BCUT2D eigenvalue weighted by atomic mass is 10.1. The van der Waals surface area contributed by atoms with Crippen LogP contribution in [0.3, 0.4) is 0 Å². The van der Waals surface area contributed by atoms with Gasteiger partial charge in [-0.15, -0.1) is 0 Å². The standard InChI is InChI=1S/C17H18N2O/c1-3-20-17-10-5-4-9-15(17)16(12-18)19-14-8-6-7-13(2)11-14/h4-11,16,19H,3H2,1-2H3. The van der Waals surface area contributed by atoms with Gasteiger partial charge < -0.3 is 10.1 Å². The van der Waals surface area contributed by atoms with E-state index in [1.807, 2.05) is 62.4 Å². The van der Waals surface area contributed by atoms with Crippen molar-refractivity contribution < 1.29 is 4.74 Å². The summed E-state index contributed by atoms with van der Waals surface area (Å²) in [7, 11) is 0. The van der Waals surface area contributed by atoms with Crippen LogP contribution in [0.4, 0.5) is 5.69 Å². The summed E-state index contributed by atoms with van der Waals surface area (Å²) < 4.78 is 5.59. The normalized spacial score (nSPS) is 11.4. The minimum atomic E-state index is -0.431. The second-order valence-corrected chi connectivity index (χ2v) is 4.55. The first-order valence-corrected chi connectivity index (χ1v) is 6.69. The third-order valence-electron chi connectivity index (χ3n) is 2.99. The molecule has 2 rings (SSSR count). The number of nitrogens with one attached hydrogen (secondary N) is 1. The number of aryl methyl sites for hydroxylation is 1. The number of nitrogens with zero attached hydrogens (tertiary/aromatic N) is 1. The van der Waals surface area contributed by atoms with Crippen molar-refractivity contribution in [3.05, 3.63) is 59.7 Å². The van der Waals surface area contributed by atoms with Gasteiger partial charge in [-0.25, -0.2) is 0 Å². The Balaban J connectivity index is 2.27. The maximum Gasteiger partial charge on any atom is 0.143 e. The number of hydrogen-bond donors (Lipinski definition) is 1. The Morgan fingerprint density at radius 3 is 2.70 bits per heavy atom. The number of anilines is 1. The zero-order valence-electron chi connectivity index (χ0n) is 11.8. The van der Waals surface area contributed by atoms with Gasteiger partial charge in [-0.05, 0) is 37.6 Å². The molecule has 0 aromatic heterocycles. The Morgan fingerprint density at radius 2 is 2.00 bits per heavy atom. The van der Waals surface area contributed by atoms with E-state index < -0.39 is 6.04 Å². The summed E-state index contributed by atoms with van der Waals surface area (Å²) in [6.45, 7) is 4.55. The topological polar surface area (TPSA) is 45.0 Å². The lowest BCUT2D eigenvalue weighted by molar-refractivity contribution is 0.336. The molecule has 0 fully saturated rings. The van der Waals surface area contributed by atoms with E-state index in [-0.39, 0.29) is 0 Å². The van der Waals surface area contributed by atoms with Gasteiger partial charge in [0.05, 0.1) is 12.7 Å². The smallest absolute Gasteiger partial charge is 0.143 e. The van der Waals surface area contributed by atoms with E-state index in [1.165, 1.54) is 0 Å². The molecule has 0 saturated carbocycles. The molecule has 1 unspecified atom stereocenters. The predicted molar refractivity (Wildman–Crippen MR) is 80.8 cm³/mol. The Labute approximate surface area is 119 Å². The van der Waals surface area contributed by atoms with Crippen molar-refractivity contribution in [1.29, 1.82) is 5.26 Å². The van der Waals surface area contributed by atoms with E-state index in [2.05, 4.69) is 11.4 Å². The molecule has 3 heteroatoms. The number of rotatable bonds is 5. The number of nitriles is 1. The van der Waals surface area contributed by atoms with E-state index in [0.29, 0.717) is 6.61 Å². The van der Waals surface area contributed by atoms with Gasteiger partial charge >= 0.3 is 0 Å². The first kappa shape index (κ1) is 14.0. The minimum absolute atomic E-state index is 0.431. The number of hydrogen-bond acceptors (Lipinski definition) is 3. The summed E-state index contributed by atoms with van der Waals surface area (Å²) in [6.07, 6.45) is 0. The van der Waals surface area contributed by atoms with Gasteiger partial charge in [-0.1, -0.05) is 30.3 Å². The van der Waals surface area contributed by atoms with Crippen LogP contribution in [-0.4, -0.2) is 6.61 Å². The van der Waals surface area contributed by atoms with Crippen LogP contribution in [0.25, 0.3) is 0 Å². The Kier molecular flexibility index (Phi) is 4.62. The van der Waals surface area contributed by atoms with E-state index in [1.54, 1.807) is 0 Å². The van der Waals surface area contributed by atoms with Crippen molar-refractivity contribution in [2.75, 3.05) is 11.9 Å². The van der Waals surface area contributed by atoms with Gasteiger partial charge in [-0.3, -0.25) is 0 Å². The molecule has 102 valence electrons. The first-order chi connectivity index (χ1) is 9.74. The molecule has 2 aromatic carbocycles. The third-order valence-corrected chi connectivity index (χ3v) is 2.99. The molecule has 0 bridgehead atoms. The van der Waals surface area contributed by atoms with Crippen molar-refractivity contribution >= 4 is 5.69 Å². The molecule has 1 atom stereocenters. The zero-order valence-corrected chi connectivity index (χ0v) is 11.8. The average molecular weight is 266 g/mol. The van der Waals surface area contributed by atoms with E-state index in [9.17, 15) is 5.26 Å². The van der Waals surface area contributed by atoms with Gasteiger partial charge in [0.1, 0.15) is 11.8 Å². The van der Waals surface area contributed by atoms with E-state index >= 15 is 0 Å². The summed E-state index contributed by atoms with van der Waals surface area (Å²) in [6, 6.07) is 17.5. The molecule has 1 N–H and O–H groups in total. The van der Waals surface area contributed by atoms with Crippen LogP contribution in [0.2, 0.25) is 0 Å². The first-order valence-electron chi connectivity index (χ1n) is 6.69. The quantitative estimate of drug-likeness (QED) is 0.887. The molecule has 0 heterocycles. The molecule has 0 aliphatic carbocycles. The predicted octanol–water partition coefficient (Wildman–Crippen LogP) is 4.07. The number of para-hydroxylation sites is 1. The van der Waals surface area contributed by atoms with Crippen molar-refractivity contribution in [1.82, 2.24) is 0 Å². The second-order valence-electron chi connectivity index (χ2n) is 4.55. The highest BCUT2D eigenvalue weighted by atomic mass is 16.5. The summed E-state index contributed by atoms with van der Waals surface area (Å²) in [5.41, 5.74) is 2.95. The maximum absolute atomic E-state index is 9.43. The minimum Gasteiger partial charge on any atom is -0.493 e. The Hall–Kier alpha value is -2.47. The van der Waals surface area contributed by atoms with Crippen LogP contribution in [0.15, 0.2) is 48.5 Å². The molecule has 0 amide bonds. The van der Waals surface area contributed by atoms with Crippen LogP contribution in [0.5, 0.6) is 5.75 Å². The van der Waals surface area contributed by atoms with Gasteiger partial charge in [0.15, 0.2) is 0 Å². The molecule has 2 aromatic rings. The summed E-state index contributed by atoms with van der Waals surface area (Å²) in [5.74, 6) is 0.752. The third kappa shape index (κ3) is 3.30. The molecule has 0 spiro atoms. The van der Waals surface area contributed by atoms with Crippen LogP contribution < -0.4 is 10.1 Å². The fourth-order valence-electron chi connectivity index (χ4n) is 2.09. The molecular formula is C17H18N2O. The summed E-state index contributed by atoms with van der Waals surface area (Å²) in [4.78, 5) is 0. The molecule has 0 aliphatic rings. The zero-order chi connectivity index (χ0) is 14.4. The SMILES string of the molecule is CCOc1ccccc1C(C#N)Nc1cccc(C)c1. The Bertz CT molecular complexity index is 616. The van der Waals surface area contributed by atoms with Gasteiger partial charge in [-0.2, -0.15) is 5.26 Å². The average Bonchev–Trinajstić information content (AvgIpc) is 2.46. The van der Waals surface area contributed by atoms with Crippen LogP contribution in [0, 0.1) is 18.3 Å². The highest BCUT2D eigenvalue weighted by Crippen LogP contribution is 2.27.